The van der Waals surface area contributed by atoms with Crippen molar-refractivity contribution in [1.29, 1.82) is 0 Å². The molecule has 13 aromatic rings. The molecule has 4 heteroatoms. The van der Waals surface area contributed by atoms with Crippen molar-refractivity contribution in [1.82, 2.24) is 4.57 Å². The monoisotopic (exact) mass is 834 g/mol. The summed E-state index contributed by atoms with van der Waals surface area (Å²) in [5, 5.41) is 7.22. The van der Waals surface area contributed by atoms with Crippen LogP contribution < -0.4 is 4.90 Å². The molecule has 3 heterocycles. The summed E-state index contributed by atoms with van der Waals surface area (Å²) in [5.41, 5.74) is 15.3. The number of benzene rings is 10. The van der Waals surface area contributed by atoms with Crippen LogP contribution in [0, 0.1) is 0 Å². The van der Waals surface area contributed by atoms with Crippen molar-refractivity contribution in [2.24, 2.45) is 0 Å². The Hall–Kier alpha value is -8.18. The molecule has 300 valence electrons. The Morgan fingerprint density at radius 3 is 1.67 bits per heavy atom. The summed E-state index contributed by atoms with van der Waals surface area (Å²) in [6, 6.07) is 83.2. The Kier molecular flexibility index (Phi) is 8.40. The minimum atomic E-state index is 0.852. The maximum absolute atomic E-state index is 7.04. The van der Waals surface area contributed by atoms with Crippen LogP contribution in [-0.2, 0) is 0 Å². The second kappa shape index (κ2) is 14.7. The van der Waals surface area contributed by atoms with Crippen LogP contribution in [0.15, 0.2) is 235 Å². The van der Waals surface area contributed by atoms with Gasteiger partial charge in [0.2, 0.25) is 0 Å². The summed E-state index contributed by atoms with van der Waals surface area (Å²) < 4.78 is 12.1. The highest BCUT2D eigenvalue weighted by molar-refractivity contribution is 7.25. The third-order valence-electron chi connectivity index (χ3n) is 12.8. The molecule has 0 aliphatic heterocycles. The number of nitrogens with zero attached hydrogens (tertiary/aromatic N) is 2. The molecular formula is C60H38N2OS. The van der Waals surface area contributed by atoms with Crippen molar-refractivity contribution in [3.05, 3.63) is 231 Å². The Morgan fingerprint density at radius 1 is 0.359 bits per heavy atom. The van der Waals surface area contributed by atoms with Crippen molar-refractivity contribution in [3.8, 4) is 39.1 Å². The van der Waals surface area contributed by atoms with E-state index in [-0.39, 0.29) is 0 Å². The van der Waals surface area contributed by atoms with Gasteiger partial charge in [0.05, 0.1) is 27.8 Å². The molecule has 0 N–H and O–H groups in total. The van der Waals surface area contributed by atoms with Gasteiger partial charge in [0.1, 0.15) is 11.2 Å². The first-order valence-corrected chi connectivity index (χ1v) is 22.6. The number of fused-ring (bicyclic) bond motifs is 9. The number of thiophene rings is 1. The lowest BCUT2D eigenvalue weighted by atomic mass is 9.97. The van der Waals surface area contributed by atoms with Gasteiger partial charge in [0.25, 0.3) is 0 Å². The van der Waals surface area contributed by atoms with Gasteiger partial charge in [-0.3, -0.25) is 0 Å². The van der Waals surface area contributed by atoms with Crippen molar-refractivity contribution < 1.29 is 4.42 Å². The highest BCUT2D eigenvalue weighted by atomic mass is 32.1. The molecule has 3 nitrogen and oxygen atoms in total. The molecule has 0 fully saturated rings. The third-order valence-corrected chi connectivity index (χ3v) is 14.0. The van der Waals surface area contributed by atoms with Crippen LogP contribution >= 0.6 is 11.3 Å². The van der Waals surface area contributed by atoms with E-state index in [9.17, 15) is 0 Å². The highest BCUT2D eigenvalue weighted by Gasteiger charge is 2.24. The van der Waals surface area contributed by atoms with E-state index in [0.717, 1.165) is 55.8 Å². The predicted octanol–water partition coefficient (Wildman–Crippen LogP) is 17.5. The standard InChI is InChI=1S/C60H38N2OS/c1-2-15-39(16-3-1)40-29-33-42(34-30-40)61(43-35-31-41(32-36-43)44-22-14-28-57-58(44)50-21-8-13-27-56(50)64-57)54-38-37-48(60-59(54)49-20-7-12-26-55(49)63-60)47-19-6-11-25-53(47)62-51-23-9-4-17-45(51)46-18-5-10-24-52(46)62/h1-38H. The fourth-order valence-electron chi connectivity index (χ4n) is 9.95. The zero-order valence-corrected chi connectivity index (χ0v) is 35.5. The molecule has 10 aromatic carbocycles. The third kappa shape index (κ3) is 5.73. The second-order valence-electron chi connectivity index (χ2n) is 16.4. The number of rotatable bonds is 7. The van der Waals surface area contributed by atoms with Crippen LogP contribution in [0.2, 0.25) is 0 Å². The van der Waals surface area contributed by atoms with Crippen LogP contribution in [0.25, 0.3) is 103 Å². The molecule has 13 rings (SSSR count). The van der Waals surface area contributed by atoms with Crippen molar-refractivity contribution in [2.45, 2.75) is 0 Å². The summed E-state index contributed by atoms with van der Waals surface area (Å²) in [6.45, 7) is 0. The quantitative estimate of drug-likeness (QED) is 0.159. The molecule has 0 aliphatic rings. The zero-order valence-electron chi connectivity index (χ0n) is 34.7. The minimum Gasteiger partial charge on any atom is -0.455 e. The van der Waals surface area contributed by atoms with E-state index in [1.165, 1.54) is 64.2 Å². The van der Waals surface area contributed by atoms with Crippen LogP contribution in [0.4, 0.5) is 17.1 Å². The molecular weight excluding hydrogens is 797 g/mol. The number of anilines is 3. The van der Waals surface area contributed by atoms with Gasteiger partial charge in [0, 0.05) is 58.8 Å². The summed E-state index contributed by atoms with van der Waals surface area (Å²) in [7, 11) is 0. The van der Waals surface area contributed by atoms with Gasteiger partial charge in [-0.25, -0.2) is 0 Å². The van der Waals surface area contributed by atoms with Crippen LogP contribution in [0.5, 0.6) is 0 Å². The van der Waals surface area contributed by atoms with Gasteiger partial charge in [-0.2, -0.15) is 0 Å². The number of hydrogen-bond donors (Lipinski definition) is 0. The number of para-hydroxylation sites is 4. The Balaban J connectivity index is 1.02. The number of aromatic nitrogens is 1. The van der Waals surface area contributed by atoms with E-state index in [2.05, 4.69) is 240 Å². The van der Waals surface area contributed by atoms with Crippen LogP contribution in [0.1, 0.15) is 0 Å². The number of furan rings is 1. The first-order chi connectivity index (χ1) is 31.8. The van der Waals surface area contributed by atoms with E-state index in [1.54, 1.807) is 0 Å². The van der Waals surface area contributed by atoms with E-state index in [0.29, 0.717) is 0 Å². The normalized spacial score (nSPS) is 11.8. The van der Waals surface area contributed by atoms with E-state index in [1.807, 2.05) is 11.3 Å². The minimum absolute atomic E-state index is 0.852. The molecule has 0 bridgehead atoms. The fraction of sp³-hybridized carbons (Fsp3) is 0. The summed E-state index contributed by atoms with van der Waals surface area (Å²) >= 11 is 1.86. The van der Waals surface area contributed by atoms with E-state index >= 15 is 0 Å². The number of hydrogen-bond acceptors (Lipinski definition) is 3. The van der Waals surface area contributed by atoms with Gasteiger partial charge in [0.15, 0.2) is 0 Å². The molecule has 64 heavy (non-hydrogen) atoms. The van der Waals surface area contributed by atoms with Crippen molar-refractivity contribution in [3.63, 3.8) is 0 Å². The predicted molar refractivity (Wildman–Crippen MR) is 272 cm³/mol. The Bertz CT molecular complexity index is 3840. The van der Waals surface area contributed by atoms with Gasteiger partial charge in [-0.05, 0) is 95.1 Å². The van der Waals surface area contributed by atoms with E-state index in [4.69, 9.17) is 4.42 Å². The maximum Gasteiger partial charge on any atom is 0.145 e. The van der Waals surface area contributed by atoms with Crippen molar-refractivity contribution >= 4 is 92.3 Å². The van der Waals surface area contributed by atoms with Gasteiger partial charge >= 0.3 is 0 Å². The topological polar surface area (TPSA) is 21.3 Å². The lowest BCUT2D eigenvalue weighted by molar-refractivity contribution is 0.670. The summed E-state index contributed by atoms with van der Waals surface area (Å²) in [5.74, 6) is 0. The molecule has 0 aliphatic carbocycles. The molecule has 0 saturated heterocycles. The average molecular weight is 835 g/mol. The fourth-order valence-corrected chi connectivity index (χ4v) is 11.1. The smallest absolute Gasteiger partial charge is 0.145 e. The van der Waals surface area contributed by atoms with Gasteiger partial charge < -0.3 is 13.9 Å². The highest BCUT2D eigenvalue weighted by Crippen LogP contribution is 2.48. The van der Waals surface area contributed by atoms with E-state index < -0.39 is 0 Å². The SMILES string of the molecule is c1ccc(-c2ccc(N(c3ccc(-c4cccc5sc6ccccc6c45)cc3)c3ccc(-c4ccccc4-n4c5ccccc5c5ccccc54)c4oc5ccccc5c34)cc2)cc1. The largest absolute Gasteiger partial charge is 0.455 e. The molecule has 0 amide bonds. The van der Waals surface area contributed by atoms with Crippen molar-refractivity contribution in [2.75, 3.05) is 4.90 Å². The summed E-state index contributed by atoms with van der Waals surface area (Å²) in [6.07, 6.45) is 0. The zero-order chi connectivity index (χ0) is 42.1. The van der Waals surface area contributed by atoms with Crippen LogP contribution in [0.3, 0.4) is 0 Å². The second-order valence-corrected chi connectivity index (χ2v) is 17.5. The molecule has 0 spiro atoms. The maximum atomic E-state index is 7.04. The Morgan fingerprint density at radius 2 is 0.922 bits per heavy atom. The van der Waals surface area contributed by atoms with Gasteiger partial charge in [-0.15, -0.1) is 11.3 Å². The lowest BCUT2D eigenvalue weighted by Gasteiger charge is -2.27. The Labute approximate surface area is 373 Å². The first-order valence-electron chi connectivity index (χ1n) is 21.8. The molecule has 0 unspecified atom stereocenters. The van der Waals surface area contributed by atoms with Crippen LogP contribution in [-0.4, -0.2) is 4.57 Å². The summed E-state index contributed by atoms with van der Waals surface area (Å²) in [4.78, 5) is 2.39. The molecule has 0 saturated carbocycles. The molecule has 0 atom stereocenters. The lowest BCUT2D eigenvalue weighted by Crippen LogP contribution is -2.10. The van der Waals surface area contributed by atoms with Gasteiger partial charge in [-0.1, -0.05) is 158 Å². The average Bonchev–Trinajstić information content (AvgIpc) is 4.05. The molecule has 0 radical (unpaired) electrons. The first kappa shape index (κ1) is 36.5. The molecule has 3 aromatic heterocycles.